The van der Waals surface area contributed by atoms with Crippen LogP contribution in [0.25, 0.3) is 0 Å². The van der Waals surface area contributed by atoms with E-state index in [0.717, 1.165) is 17.7 Å². The molecule has 2 aromatic carbocycles. The minimum Gasteiger partial charge on any atom is -0.374 e. The summed E-state index contributed by atoms with van der Waals surface area (Å²) < 4.78 is 5.86. The molecule has 4 rings (SSSR count). The minimum absolute atomic E-state index is 0.0381. The molecular formula is C22H25N3O3. The van der Waals surface area contributed by atoms with Gasteiger partial charge >= 0.3 is 6.03 Å². The molecule has 146 valence electrons. The largest absolute Gasteiger partial charge is 0.374 e. The lowest BCUT2D eigenvalue weighted by molar-refractivity contribution is -0.138. The highest BCUT2D eigenvalue weighted by molar-refractivity contribution is 5.94. The summed E-state index contributed by atoms with van der Waals surface area (Å²) in [5.41, 5.74) is 3.04. The van der Waals surface area contributed by atoms with Crippen molar-refractivity contribution in [2.24, 2.45) is 0 Å². The maximum atomic E-state index is 12.8. The predicted molar refractivity (Wildman–Crippen MR) is 107 cm³/mol. The average Bonchev–Trinajstić information content (AvgIpc) is 3.15. The van der Waals surface area contributed by atoms with Crippen molar-refractivity contribution in [1.82, 2.24) is 10.2 Å². The Balaban J connectivity index is 1.33. The second-order valence-corrected chi connectivity index (χ2v) is 7.25. The monoisotopic (exact) mass is 379 g/mol. The Labute approximate surface area is 165 Å². The van der Waals surface area contributed by atoms with E-state index in [2.05, 4.69) is 17.4 Å². The fourth-order valence-corrected chi connectivity index (χ4v) is 3.74. The van der Waals surface area contributed by atoms with Crippen LogP contribution in [-0.2, 0) is 22.4 Å². The second-order valence-electron chi connectivity index (χ2n) is 7.25. The van der Waals surface area contributed by atoms with Crippen molar-refractivity contribution in [3.8, 4) is 0 Å². The van der Waals surface area contributed by atoms with E-state index in [9.17, 15) is 9.59 Å². The Bertz CT molecular complexity index is 823. The molecule has 3 amide bonds. The lowest BCUT2D eigenvalue weighted by atomic mass is 10.1. The van der Waals surface area contributed by atoms with Crippen molar-refractivity contribution in [3.63, 3.8) is 0 Å². The van der Waals surface area contributed by atoms with Gasteiger partial charge in [-0.05, 0) is 23.3 Å². The molecule has 2 aliphatic heterocycles. The smallest absolute Gasteiger partial charge is 0.321 e. The first-order valence-electron chi connectivity index (χ1n) is 9.76. The summed E-state index contributed by atoms with van der Waals surface area (Å²) in [6, 6.07) is 17.8. The molecule has 6 nitrogen and oxygen atoms in total. The number of ether oxygens (including phenoxy) is 1. The summed E-state index contributed by atoms with van der Waals surface area (Å²) in [6.07, 6.45) is 1.22. The Morgan fingerprint density at radius 3 is 2.54 bits per heavy atom. The van der Waals surface area contributed by atoms with Crippen molar-refractivity contribution >= 4 is 17.6 Å². The molecule has 0 aliphatic carbocycles. The Hall–Kier alpha value is -2.86. The molecule has 0 aromatic heterocycles. The van der Waals surface area contributed by atoms with Gasteiger partial charge in [-0.25, -0.2) is 4.79 Å². The third kappa shape index (κ3) is 4.34. The van der Waals surface area contributed by atoms with Crippen LogP contribution in [0.1, 0.15) is 11.1 Å². The minimum atomic E-state index is -0.0680. The lowest BCUT2D eigenvalue weighted by Gasteiger charge is -2.33. The molecule has 0 unspecified atom stereocenters. The van der Waals surface area contributed by atoms with Gasteiger partial charge in [0.2, 0.25) is 5.91 Å². The van der Waals surface area contributed by atoms with Crippen LogP contribution in [0.15, 0.2) is 54.6 Å². The molecule has 0 spiro atoms. The van der Waals surface area contributed by atoms with E-state index in [0.29, 0.717) is 39.2 Å². The number of rotatable bonds is 5. The first kappa shape index (κ1) is 18.5. The van der Waals surface area contributed by atoms with Crippen molar-refractivity contribution in [1.29, 1.82) is 0 Å². The van der Waals surface area contributed by atoms with E-state index in [1.807, 2.05) is 47.4 Å². The third-order valence-corrected chi connectivity index (χ3v) is 5.26. The number of urea groups is 1. The third-order valence-electron chi connectivity index (χ3n) is 5.26. The van der Waals surface area contributed by atoms with E-state index in [-0.39, 0.29) is 18.0 Å². The van der Waals surface area contributed by atoms with Crippen LogP contribution in [0.2, 0.25) is 0 Å². The van der Waals surface area contributed by atoms with Crippen molar-refractivity contribution in [2.45, 2.75) is 18.9 Å². The van der Waals surface area contributed by atoms with E-state index >= 15 is 0 Å². The van der Waals surface area contributed by atoms with Gasteiger partial charge in [0, 0.05) is 38.3 Å². The Morgan fingerprint density at radius 2 is 1.82 bits per heavy atom. The van der Waals surface area contributed by atoms with Crippen LogP contribution in [0.5, 0.6) is 0 Å². The summed E-state index contributed by atoms with van der Waals surface area (Å²) in [7, 11) is 0. The first-order valence-corrected chi connectivity index (χ1v) is 9.76. The van der Waals surface area contributed by atoms with E-state index in [1.54, 1.807) is 4.90 Å². The van der Waals surface area contributed by atoms with Crippen LogP contribution in [0.3, 0.4) is 0 Å². The predicted octanol–water partition coefficient (Wildman–Crippen LogP) is 2.23. The molecule has 2 aliphatic rings. The van der Waals surface area contributed by atoms with E-state index in [1.165, 1.54) is 5.56 Å². The van der Waals surface area contributed by atoms with Crippen molar-refractivity contribution in [3.05, 3.63) is 65.7 Å². The number of morpholine rings is 1. The van der Waals surface area contributed by atoms with Gasteiger partial charge in [-0.2, -0.15) is 0 Å². The first-order chi connectivity index (χ1) is 13.7. The topological polar surface area (TPSA) is 61.9 Å². The van der Waals surface area contributed by atoms with E-state index in [4.69, 9.17) is 4.74 Å². The average molecular weight is 379 g/mol. The number of hydrogen-bond acceptors (Lipinski definition) is 3. The van der Waals surface area contributed by atoms with Crippen LogP contribution in [0.4, 0.5) is 10.5 Å². The molecule has 2 saturated heterocycles. The number of carbonyl (C=O) groups excluding carboxylic acids is 2. The summed E-state index contributed by atoms with van der Waals surface area (Å²) in [5.74, 6) is 0.119. The molecule has 1 N–H and O–H groups in total. The zero-order valence-corrected chi connectivity index (χ0v) is 15.8. The molecule has 2 aromatic rings. The second kappa shape index (κ2) is 8.44. The van der Waals surface area contributed by atoms with Crippen LogP contribution in [0, 0.1) is 0 Å². The van der Waals surface area contributed by atoms with Gasteiger partial charge in [-0.1, -0.05) is 42.5 Å². The highest BCUT2D eigenvalue weighted by Gasteiger charge is 2.25. The number of nitrogens with one attached hydrogen (secondary N) is 1. The fraction of sp³-hybridized carbons (Fsp3) is 0.364. The van der Waals surface area contributed by atoms with Crippen molar-refractivity contribution < 1.29 is 14.3 Å². The van der Waals surface area contributed by atoms with Gasteiger partial charge in [0.25, 0.3) is 0 Å². The molecule has 28 heavy (non-hydrogen) atoms. The molecule has 2 fully saturated rings. The standard InChI is InChI=1S/C22H25N3O3/c26-21(15-18-6-8-19(9-7-18)25-11-10-23-22(25)27)24-12-13-28-20(16-24)14-17-4-2-1-3-5-17/h1-9,20H,10-16H2,(H,23,27)/t20-/m1/s1. The number of carbonyl (C=O) groups is 2. The van der Waals surface area contributed by atoms with Crippen LogP contribution >= 0.6 is 0 Å². The number of nitrogens with zero attached hydrogens (tertiary/aromatic N) is 2. The zero-order chi connectivity index (χ0) is 19.3. The molecule has 0 radical (unpaired) electrons. The SMILES string of the molecule is O=C(Cc1ccc(N2CCNC2=O)cc1)N1CCO[C@H](Cc2ccccc2)C1. The molecule has 1 atom stereocenters. The maximum Gasteiger partial charge on any atom is 0.321 e. The number of benzene rings is 2. The highest BCUT2D eigenvalue weighted by atomic mass is 16.5. The number of anilines is 1. The summed E-state index contributed by atoms with van der Waals surface area (Å²) in [5, 5.41) is 2.79. The van der Waals surface area contributed by atoms with E-state index < -0.39 is 0 Å². The zero-order valence-electron chi connectivity index (χ0n) is 15.8. The summed E-state index contributed by atoms with van der Waals surface area (Å²) in [6.45, 7) is 3.18. The van der Waals surface area contributed by atoms with Crippen LogP contribution in [-0.4, -0.2) is 55.7 Å². The number of amides is 3. The fourth-order valence-electron chi connectivity index (χ4n) is 3.74. The summed E-state index contributed by atoms with van der Waals surface area (Å²) in [4.78, 5) is 28.1. The molecular weight excluding hydrogens is 354 g/mol. The molecule has 6 heteroatoms. The van der Waals surface area contributed by atoms with Gasteiger partial charge < -0.3 is 15.0 Å². The lowest BCUT2D eigenvalue weighted by Crippen LogP contribution is -2.46. The molecule has 0 bridgehead atoms. The van der Waals surface area contributed by atoms with Gasteiger partial charge in [0.05, 0.1) is 19.1 Å². The number of hydrogen-bond donors (Lipinski definition) is 1. The Kier molecular flexibility index (Phi) is 5.58. The normalized spacial score (nSPS) is 19.6. The van der Waals surface area contributed by atoms with Crippen LogP contribution < -0.4 is 10.2 Å². The maximum absolute atomic E-state index is 12.8. The van der Waals surface area contributed by atoms with Gasteiger partial charge in [0.1, 0.15) is 0 Å². The van der Waals surface area contributed by atoms with Gasteiger partial charge in [0.15, 0.2) is 0 Å². The summed E-state index contributed by atoms with van der Waals surface area (Å²) >= 11 is 0. The Morgan fingerprint density at radius 1 is 1.04 bits per heavy atom. The highest BCUT2D eigenvalue weighted by Crippen LogP contribution is 2.18. The molecule has 0 saturated carbocycles. The quantitative estimate of drug-likeness (QED) is 0.867. The molecule has 2 heterocycles. The van der Waals surface area contributed by atoms with Gasteiger partial charge in [-0.3, -0.25) is 9.69 Å². The van der Waals surface area contributed by atoms with Gasteiger partial charge in [-0.15, -0.1) is 0 Å². The van der Waals surface area contributed by atoms with Crippen molar-refractivity contribution in [2.75, 3.05) is 37.7 Å².